The maximum atomic E-state index is 14.0. The SMILES string of the molecule is Cc1ccc2ccccc2c1C(Cl)c1c(F)cccc1F. The van der Waals surface area contributed by atoms with Crippen molar-refractivity contribution in [3.63, 3.8) is 0 Å². The minimum absolute atomic E-state index is 0.0985. The van der Waals surface area contributed by atoms with Gasteiger partial charge in [-0.1, -0.05) is 42.5 Å². The zero-order valence-corrected chi connectivity index (χ0v) is 12.2. The molecule has 0 aromatic heterocycles. The fourth-order valence-electron chi connectivity index (χ4n) is 2.64. The van der Waals surface area contributed by atoms with E-state index in [-0.39, 0.29) is 5.56 Å². The summed E-state index contributed by atoms with van der Waals surface area (Å²) in [6.45, 7) is 1.90. The van der Waals surface area contributed by atoms with Crippen LogP contribution >= 0.6 is 11.6 Å². The number of hydrogen-bond donors (Lipinski definition) is 0. The van der Waals surface area contributed by atoms with Gasteiger partial charge in [-0.3, -0.25) is 0 Å². The van der Waals surface area contributed by atoms with Gasteiger partial charge in [-0.2, -0.15) is 0 Å². The summed E-state index contributed by atoms with van der Waals surface area (Å²) in [4.78, 5) is 0. The lowest BCUT2D eigenvalue weighted by molar-refractivity contribution is 0.559. The van der Waals surface area contributed by atoms with Crippen molar-refractivity contribution >= 4 is 22.4 Å². The van der Waals surface area contributed by atoms with E-state index in [1.165, 1.54) is 18.2 Å². The van der Waals surface area contributed by atoms with Crippen LogP contribution in [0.2, 0.25) is 0 Å². The molecular weight excluding hydrogens is 290 g/mol. The molecule has 0 bridgehead atoms. The number of benzene rings is 3. The summed E-state index contributed by atoms with van der Waals surface area (Å²) >= 11 is 6.45. The number of hydrogen-bond acceptors (Lipinski definition) is 0. The van der Waals surface area contributed by atoms with E-state index in [1.807, 2.05) is 43.3 Å². The topological polar surface area (TPSA) is 0 Å². The van der Waals surface area contributed by atoms with Gasteiger partial charge >= 0.3 is 0 Å². The highest BCUT2D eigenvalue weighted by Gasteiger charge is 2.22. The molecule has 0 saturated heterocycles. The molecule has 0 heterocycles. The summed E-state index contributed by atoms with van der Waals surface area (Å²) in [5, 5.41) is 1.05. The van der Waals surface area contributed by atoms with Crippen LogP contribution in [0, 0.1) is 18.6 Å². The minimum atomic E-state index is -0.864. The van der Waals surface area contributed by atoms with E-state index in [2.05, 4.69) is 0 Å². The van der Waals surface area contributed by atoms with E-state index in [4.69, 9.17) is 11.6 Å². The summed E-state index contributed by atoms with van der Waals surface area (Å²) < 4.78 is 28.0. The molecule has 0 spiro atoms. The van der Waals surface area contributed by atoms with Crippen LogP contribution in [0.15, 0.2) is 54.6 Å². The summed E-state index contributed by atoms with van der Waals surface area (Å²) in [5.74, 6) is -1.25. The normalized spacial score (nSPS) is 12.6. The second kappa shape index (κ2) is 5.45. The summed E-state index contributed by atoms with van der Waals surface area (Å²) in [5.41, 5.74) is 1.56. The van der Waals surface area contributed by atoms with Crippen LogP contribution in [0.1, 0.15) is 22.1 Å². The Bertz CT molecular complexity index is 791. The van der Waals surface area contributed by atoms with Crippen LogP contribution in [0.25, 0.3) is 10.8 Å². The van der Waals surface area contributed by atoms with Crippen molar-refractivity contribution in [3.05, 3.63) is 82.9 Å². The van der Waals surface area contributed by atoms with Gasteiger partial charge < -0.3 is 0 Å². The van der Waals surface area contributed by atoms with Crippen LogP contribution in [-0.4, -0.2) is 0 Å². The average molecular weight is 303 g/mol. The van der Waals surface area contributed by atoms with Crippen molar-refractivity contribution in [2.45, 2.75) is 12.3 Å². The zero-order valence-electron chi connectivity index (χ0n) is 11.4. The Morgan fingerprint density at radius 2 is 1.48 bits per heavy atom. The number of halogens is 3. The highest BCUT2D eigenvalue weighted by atomic mass is 35.5. The number of aryl methyl sites for hydroxylation is 1. The van der Waals surface area contributed by atoms with E-state index in [0.29, 0.717) is 0 Å². The maximum absolute atomic E-state index is 14.0. The predicted octanol–water partition coefficient (Wildman–Crippen LogP) is 5.75. The lowest BCUT2D eigenvalue weighted by Crippen LogP contribution is -2.03. The molecule has 3 aromatic carbocycles. The summed E-state index contributed by atoms with van der Waals surface area (Å²) in [6, 6.07) is 15.4. The van der Waals surface area contributed by atoms with Gasteiger partial charge in [-0.05, 0) is 41.0 Å². The van der Waals surface area contributed by atoms with Crippen molar-refractivity contribution in [2.75, 3.05) is 0 Å². The molecule has 0 radical (unpaired) electrons. The quantitative estimate of drug-likeness (QED) is 0.528. The molecule has 0 fully saturated rings. The third-order valence-corrected chi connectivity index (χ3v) is 4.13. The average Bonchev–Trinajstić information content (AvgIpc) is 2.46. The molecule has 0 aliphatic heterocycles. The Kier molecular flexibility index (Phi) is 3.64. The molecular formula is C18H13ClF2. The molecule has 3 heteroatoms. The number of fused-ring (bicyclic) bond motifs is 1. The first kappa shape index (κ1) is 14.0. The van der Waals surface area contributed by atoms with Gasteiger partial charge in [0, 0.05) is 5.56 Å². The predicted molar refractivity (Wildman–Crippen MR) is 82.7 cm³/mol. The van der Waals surface area contributed by atoms with Gasteiger partial charge in [0.05, 0.1) is 5.38 Å². The molecule has 0 aliphatic rings. The summed E-state index contributed by atoms with van der Waals surface area (Å²) in [7, 11) is 0. The molecule has 0 N–H and O–H groups in total. The van der Waals surface area contributed by atoms with Gasteiger partial charge in [0.2, 0.25) is 0 Å². The van der Waals surface area contributed by atoms with Crippen LogP contribution in [-0.2, 0) is 0 Å². The first-order valence-corrected chi connectivity index (χ1v) is 7.09. The van der Waals surface area contributed by atoms with Crippen LogP contribution in [0.4, 0.5) is 8.78 Å². The Hall–Kier alpha value is -1.93. The third kappa shape index (κ3) is 2.40. The smallest absolute Gasteiger partial charge is 0.131 e. The lowest BCUT2D eigenvalue weighted by atomic mass is 9.93. The highest BCUT2D eigenvalue weighted by Crippen LogP contribution is 2.38. The van der Waals surface area contributed by atoms with Gasteiger partial charge in [0.1, 0.15) is 11.6 Å². The largest absolute Gasteiger partial charge is 0.207 e. The first-order valence-electron chi connectivity index (χ1n) is 6.66. The molecule has 3 rings (SSSR count). The molecule has 1 atom stereocenters. The van der Waals surface area contributed by atoms with Crippen molar-refractivity contribution in [2.24, 2.45) is 0 Å². The second-order valence-corrected chi connectivity index (χ2v) is 5.45. The van der Waals surface area contributed by atoms with Crippen molar-refractivity contribution in [1.82, 2.24) is 0 Å². The molecule has 21 heavy (non-hydrogen) atoms. The third-order valence-electron chi connectivity index (χ3n) is 3.70. The molecule has 1 unspecified atom stereocenters. The van der Waals surface area contributed by atoms with Crippen LogP contribution in [0.3, 0.4) is 0 Å². The fourth-order valence-corrected chi connectivity index (χ4v) is 3.14. The molecule has 0 amide bonds. The van der Waals surface area contributed by atoms with Gasteiger partial charge in [0.25, 0.3) is 0 Å². The minimum Gasteiger partial charge on any atom is -0.207 e. The van der Waals surface area contributed by atoms with E-state index in [0.717, 1.165) is 21.9 Å². The van der Waals surface area contributed by atoms with Gasteiger partial charge in [0.15, 0.2) is 0 Å². The summed E-state index contributed by atoms with van der Waals surface area (Å²) in [6.07, 6.45) is 0. The Morgan fingerprint density at radius 1 is 0.810 bits per heavy atom. The molecule has 0 nitrogen and oxygen atoms in total. The monoisotopic (exact) mass is 302 g/mol. The zero-order chi connectivity index (χ0) is 15.0. The highest BCUT2D eigenvalue weighted by molar-refractivity contribution is 6.23. The Balaban J connectivity index is 2.27. The van der Waals surface area contributed by atoms with Gasteiger partial charge in [-0.15, -0.1) is 11.6 Å². The number of alkyl halides is 1. The van der Waals surface area contributed by atoms with E-state index in [9.17, 15) is 8.78 Å². The Labute approximate surface area is 127 Å². The second-order valence-electron chi connectivity index (χ2n) is 5.02. The number of rotatable bonds is 2. The first-order chi connectivity index (χ1) is 10.1. The Morgan fingerprint density at radius 3 is 2.19 bits per heavy atom. The van der Waals surface area contributed by atoms with E-state index >= 15 is 0 Å². The molecule has 0 aliphatic carbocycles. The van der Waals surface area contributed by atoms with Crippen LogP contribution in [0.5, 0.6) is 0 Å². The van der Waals surface area contributed by atoms with E-state index < -0.39 is 17.0 Å². The molecule has 0 saturated carbocycles. The van der Waals surface area contributed by atoms with E-state index in [1.54, 1.807) is 0 Å². The maximum Gasteiger partial charge on any atom is 0.131 e. The molecule has 3 aromatic rings. The van der Waals surface area contributed by atoms with Crippen molar-refractivity contribution in [3.8, 4) is 0 Å². The van der Waals surface area contributed by atoms with Gasteiger partial charge in [-0.25, -0.2) is 8.78 Å². The standard InChI is InChI=1S/C18H13ClF2/c1-11-9-10-12-5-2-3-6-13(12)16(11)18(19)17-14(20)7-4-8-15(17)21/h2-10,18H,1H3. The lowest BCUT2D eigenvalue weighted by Gasteiger charge is -2.17. The van der Waals surface area contributed by atoms with Crippen molar-refractivity contribution in [1.29, 1.82) is 0 Å². The molecule has 106 valence electrons. The van der Waals surface area contributed by atoms with Crippen molar-refractivity contribution < 1.29 is 8.78 Å². The fraction of sp³-hybridized carbons (Fsp3) is 0.111. The van der Waals surface area contributed by atoms with Crippen LogP contribution < -0.4 is 0 Å².